The lowest BCUT2D eigenvalue weighted by molar-refractivity contribution is 0.136. The molecular weight excluding hydrogens is 1180 g/mol. The van der Waals surface area contributed by atoms with Gasteiger partial charge in [0.1, 0.15) is 0 Å². The number of piperazine rings is 4. The molecule has 4 aliphatic heterocycles. The van der Waals surface area contributed by atoms with Gasteiger partial charge in [-0.15, -0.1) is 0 Å². The topological polar surface area (TPSA) is 517 Å². The van der Waals surface area contributed by atoms with Crippen LogP contribution in [0.5, 0.6) is 0 Å². The van der Waals surface area contributed by atoms with Gasteiger partial charge in [-0.3, -0.25) is 34.3 Å². The summed E-state index contributed by atoms with van der Waals surface area (Å²) in [5.74, 6) is 0. The first-order chi connectivity index (χ1) is 45.8. The van der Waals surface area contributed by atoms with E-state index in [1.807, 2.05) is 0 Å². The van der Waals surface area contributed by atoms with Crippen molar-refractivity contribution in [2.75, 3.05) is 393 Å². The van der Waals surface area contributed by atoms with Crippen LogP contribution >= 0.6 is 0 Å². The molecule has 33 heteroatoms. The third-order valence-electron chi connectivity index (χ3n) is 15.0. The molecule has 39 N–H and O–H groups in total. The van der Waals surface area contributed by atoms with E-state index in [1.165, 1.54) is 45.8 Å². The van der Waals surface area contributed by atoms with E-state index in [9.17, 15) is 0 Å². The first-order valence-corrected chi connectivity index (χ1v) is 36.1. The standard InChI is InChI=1S/C10H28N6.2C10H25N5.C8H23N5.2C8H20N4.C6H18N4/c11-1-3-13-5-7-15-9-10-16-8-6-14-4-2-12;11-1-3-13-4-6-15-9-7-14(5-2-12)8-10-15;11-1-2-12-3-4-13-5-8-15-9-6-14-7-10-15;9-1-3-11-5-7-13-8-6-12-4-2-10;9-1-3-11-5-7-12(4-2-10)8-6-11;9-1-2-10-3-6-12-7-4-11-5-8-12;7-1-4-10(5-2-8)6-3-9/h13-16H,1-12H2;13H,1-12H2;12-14H,1-11H2;11-13H,1-10H2;1-10H2;10-11H,1-9H2;1-9H2. The Balaban J connectivity index is -0.00000102. The minimum absolute atomic E-state index is 0.681. The second-order valence-electron chi connectivity index (χ2n) is 22.9. The summed E-state index contributed by atoms with van der Waals surface area (Å²) in [5.41, 5.74) is 70.1. The summed E-state index contributed by atoms with van der Waals surface area (Å²) in [6.45, 7) is 58.7. The monoisotopic (exact) mass is 1340 g/mol. The zero-order valence-corrected chi connectivity index (χ0v) is 59.6. The Morgan fingerprint density at radius 1 is 0.194 bits per heavy atom. The summed E-state index contributed by atoms with van der Waals surface area (Å²) in [4.78, 5) is 16.9. The van der Waals surface area contributed by atoms with Crippen LogP contribution in [0.3, 0.4) is 0 Å². The second-order valence-corrected chi connectivity index (χ2v) is 22.9. The van der Waals surface area contributed by atoms with Crippen LogP contribution in [0.2, 0.25) is 0 Å². The molecule has 4 saturated heterocycles. The SMILES string of the molecule is NCCN(CCN)CCN.NCCN1CCN(CCN)CC1.NCCNCCN1CCN(CCN)CC1.NCCNCCN1CCNCC1.NCCNCCNCCN1CCNCC1.NCCNCCNCCNCCN.NCCNCCNCCNCCNCCN. The fraction of sp³-hybridized carbons (Fsp3) is 1.00. The van der Waals surface area contributed by atoms with Crippen LogP contribution in [0.1, 0.15) is 0 Å². The molecule has 0 radical (unpaired) electrons. The van der Waals surface area contributed by atoms with Gasteiger partial charge >= 0.3 is 0 Å². The maximum absolute atomic E-state index is 5.53. The smallest absolute Gasteiger partial charge is 0.0110 e. The molecule has 0 amide bonds. The molecule has 4 aliphatic rings. The van der Waals surface area contributed by atoms with Gasteiger partial charge in [0.15, 0.2) is 0 Å². The number of nitrogens with two attached hydrogens (primary N) is 13. The first kappa shape index (κ1) is 95.9. The van der Waals surface area contributed by atoms with Crippen LogP contribution in [-0.2, 0) is 0 Å². The molecule has 4 rings (SSSR count). The van der Waals surface area contributed by atoms with Crippen molar-refractivity contribution >= 4 is 0 Å². The van der Waals surface area contributed by atoms with Crippen LogP contribution in [-0.4, -0.2) is 427 Å². The maximum Gasteiger partial charge on any atom is 0.0110 e. The fourth-order valence-corrected chi connectivity index (χ4v) is 9.63. The highest BCUT2D eigenvalue weighted by Crippen LogP contribution is 2.01. The van der Waals surface area contributed by atoms with Gasteiger partial charge in [0.05, 0.1) is 0 Å². The Bertz CT molecular complexity index is 1230. The van der Waals surface area contributed by atoms with Crippen molar-refractivity contribution in [3.8, 4) is 0 Å². The van der Waals surface area contributed by atoms with Crippen molar-refractivity contribution in [1.82, 2.24) is 103 Å². The van der Waals surface area contributed by atoms with E-state index < -0.39 is 0 Å². The Morgan fingerprint density at radius 3 is 0.559 bits per heavy atom. The van der Waals surface area contributed by atoms with Gasteiger partial charge in [-0.05, 0) is 0 Å². The molecule has 0 atom stereocenters. The molecule has 0 aliphatic carbocycles. The minimum atomic E-state index is 0.681. The molecule has 33 nitrogen and oxygen atoms in total. The van der Waals surface area contributed by atoms with Crippen LogP contribution in [0, 0.1) is 0 Å². The third-order valence-corrected chi connectivity index (χ3v) is 15.0. The van der Waals surface area contributed by atoms with E-state index in [-0.39, 0.29) is 0 Å². The molecule has 0 spiro atoms. The number of hydrogen-bond donors (Lipinski definition) is 26. The predicted molar refractivity (Wildman–Crippen MR) is 400 cm³/mol. The Hall–Kier alpha value is -1.32. The van der Waals surface area contributed by atoms with Gasteiger partial charge in [0.2, 0.25) is 0 Å². The van der Waals surface area contributed by atoms with E-state index >= 15 is 0 Å². The Kier molecular flexibility index (Phi) is 87.5. The largest absolute Gasteiger partial charge is 0.329 e. The van der Waals surface area contributed by atoms with E-state index in [2.05, 4.69) is 103 Å². The predicted octanol–water partition coefficient (Wildman–Crippen LogP) is -13.8. The van der Waals surface area contributed by atoms with Crippen molar-refractivity contribution in [3.63, 3.8) is 0 Å². The van der Waals surface area contributed by atoms with Gasteiger partial charge in [-0.25, -0.2) is 0 Å². The van der Waals surface area contributed by atoms with Crippen LogP contribution < -0.4 is 144 Å². The van der Waals surface area contributed by atoms with Gasteiger partial charge in [0.25, 0.3) is 0 Å². The summed E-state index contributed by atoms with van der Waals surface area (Å²) < 4.78 is 0. The summed E-state index contributed by atoms with van der Waals surface area (Å²) in [5, 5.41) is 42.8. The van der Waals surface area contributed by atoms with Crippen LogP contribution in [0.25, 0.3) is 0 Å². The highest BCUT2D eigenvalue weighted by molar-refractivity contribution is 4.75. The van der Waals surface area contributed by atoms with Crippen molar-refractivity contribution in [3.05, 3.63) is 0 Å². The molecule has 93 heavy (non-hydrogen) atoms. The molecule has 0 aromatic rings. The van der Waals surface area contributed by atoms with E-state index in [4.69, 9.17) is 74.5 Å². The summed E-state index contributed by atoms with van der Waals surface area (Å²) in [7, 11) is 0. The summed E-state index contributed by atoms with van der Waals surface area (Å²) in [6.07, 6.45) is 0. The van der Waals surface area contributed by atoms with Crippen molar-refractivity contribution < 1.29 is 0 Å². The van der Waals surface area contributed by atoms with Gasteiger partial charge in [-0.1, -0.05) is 0 Å². The maximum atomic E-state index is 5.53. The molecule has 0 aromatic carbocycles. The average molecular weight is 1340 g/mol. The lowest BCUT2D eigenvalue weighted by atomic mass is 10.3. The van der Waals surface area contributed by atoms with Crippen molar-refractivity contribution in [2.24, 2.45) is 74.5 Å². The van der Waals surface area contributed by atoms with E-state index in [0.717, 1.165) is 301 Å². The lowest BCUT2D eigenvalue weighted by Crippen LogP contribution is -2.49. The normalized spacial score (nSPS) is 15.9. The molecule has 0 bridgehead atoms. The van der Waals surface area contributed by atoms with Crippen LogP contribution in [0.15, 0.2) is 0 Å². The van der Waals surface area contributed by atoms with Gasteiger partial charge in [0, 0.05) is 393 Å². The Morgan fingerprint density at radius 2 is 0.366 bits per heavy atom. The molecule has 0 unspecified atom stereocenters. The van der Waals surface area contributed by atoms with Crippen LogP contribution in [0.4, 0.5) is 0 Å². The quantitative estimate of drug-likeness (QED) is 0.0252. The summed E-state index contributed by atoms with van der Waals surface area (Å²) in [6, 6.07) is 0. The average Bonchev–Trinajstić information content (AvgIpc) is 3.12. The van der Waals surface area contributed by atoms with Crippen molar-refractivity contribution in [2.45, 2.75) is 0 Å². The highest BCUT2D eigenvalue weighted by Gasteiger charge is 2.16. The Labute approximate surface area is 568 Å². The van der Waals surface area contributed by atoms with E-state index in [1.54, 1.807) is 0 Å². The van der Waals surface area contributed by atoms with Gasteiger partial charge < -0.3 is 144 Å². The first-order valence-electron chi connectivity index (χ1n) is 36.1. The molecule has 4 fully saturated rings. The van der Waals surface area contributed by atoms with Crippen molar-refractivity contribution in [1.29, 1.82) is 0 Å². The molecule has 0 saturated carbocycles. The number of nitrogens with one attached hydrogen (secondary N) is 13. The molecule has 0 aromatic heterocycles. The number of rotatable bonds is 53. The highest BCUT2D eigenvalue weighted by atomic mass is 15.3. The number of hydrogen-bond acceptors (Lipinski definition) is 33. The lowest BCUT2D eigenvalue weighted by Gasteiger charge is -2.34. The second kappa shape index (κ2) is 84.9. The third kappa shape index (κ3) is 76.3. The van der Waals surface area contributed by atoms with E-state index in [0.29, 0.717) is 45.8 Å². The molecule has 4 heterocycles. The summed E-state index contributed by atoms with van der Waals surface area (Å²) >= 11 is 0. The molecule has 564 valence electrons. The zero-order chi connectivity index (χ0) is 68.7. The zero-order valence-electron chi connectivity index (χ0n) is 59.6. The minimum Gasteiger partial charge on any atom is -0.329 e. The molecular formula is C60H159N33. The fourth-order valence-electron chi connectivity index (χ4n) is 9.63. The number of nitrogens with zero attached hydrogens (tertiary/aromatic N) is 7. The van der Waals surface area contributed by atoms with Gasteiger partial charge in [-0.2, -0.15) is 0 Å².